The van der Waals surface area contributed by atoms with Gasteiger partial charge in [0.2, 0.25) is 5.91 Å². The minimum absolute atomic E-state index is 0.157. The van der Waals surface area contributed by atoms with E-state index in [1.54, 1.807) is 6.92 Å². The highest BCUT2D eigenvalue weighted by molar-refractivity contribution is 6.21. The van der Waals surface area contributed by atoms with E-state index in [4.69, 9.17) is 0 Å². The van der Waals surface area contributed by atoms with Gasteiger partial charge in [0.25, 0.3) is 0 Å². The number of ketones is 1. The highest BCUT2D eigenvalue weighted by atomic mass is 19.4. The number of hydrogen-bond donors (Lipinski definition) is 1. The third-order valence-electron chi connectivity index (χ3n) is 4.68. The zero-order valence-corrected chi connectivity index (χ0v) is 16.5. The van der Waals surface area contributed by atoms with Gasteiger partial charge >= 0.3 is 6.18 Å². The largest absolute Gasteiger partial charge is 0.416 e. The molecule has 0 radical (unpaired) electrons. The van der Waals surface area contributed by atoms with Crippen LogP contribution in [-0.2, 0) is 11.0 Å². The molecular weight excluding hydrogens is 391 g/mol. The van der Waals surface area contributed by atoms with Crippen LogP contribution in [0.5, 0.6) is 0 Å². The fourth-order valence-corrected chi connectivity index (χ4v) is 3.16. The number of anilines is 1. The maximum atomic E-state index is 12.3. The van der Waals surface area contributed by atoms with Crippen molar-refractivity contribution >= 4 is 17.4 Å². The highest BCUT2D eigenvalue weighted by Gasteiger charge is 2.30. The molecule has 0 spiro atoms. The zero-order valence-electron chi connectivity index (χ0n) is 16.5. The molecule has 6 heteroatoms. The number of carbonyl (C=O) groups is 2. The van der Waals surface area contributed by atoms with Gasteiger partial charge in [0.1, 0.15) is 0 Å². The summed E-state index contributed by atoms with van der Waals surface area (Å²) in [6, 6.07) is 18.4. The van der Waals surface area contributed by atoms with Crippen molar-refractivity contribution in [2.75, 3.05) is 5.32 Å². The van der Waals surface area contributed by atoms with Crippen LogP contribution in [0.25, 0.3) is 11.1 Å². The van der Waals surface area contributed by atoms with Gasteiger partial charge in [-0.3, -0.25) is 9.59 Å². The van der Waals surface area contributed by atoms with E-state index in [-0.39, 0.29) is 23.8 Å². The molecule has 0 fully saturated rings. The molecular formula is C24H20F3NO2. The first-order valence-corrected chi connectivity index (χ1v) is 9.42. The molecule has 4 rings (SSSR count). The van der Waals surface area contributed by atoms with Crippen LogP contribution in [0.4, 0.5) is 18.9 Å². The molecule has 0 heterocycles. The number of fused-ring (bicyclic) bond motifs is 3. The van der Waals surface area contributed by atoms with E-state index in [0.29, 0.717) is 0 Å². The second-order valence-corrected chi connectivity index (χ2v) is 6.90. The minimum Gasteiger partial charge on any atom is -0.326 e. The number of nitrogens with one attached hydrogen (secondary N) is 1. The van der Waals surface area contributed by atoms with E-state index in [1.807, 2.05) is 49.4 Å². The third-order valence-corrected chi connectivity index (χ3v) is 4.68. The van der Waals surface area contributed by atoms with E-state index in [0.717, 1.165) is 39.9 Å². The Morgan fingerprint density at radius 2 is 1.53 bits per heavy atom. The number of alkyl halides is 3. The van der Waals surface area contributed by atoms with Crippen LogP contribution in [0, 0.1) is 6.92 Å². The first kappa shape index (κ1) is 21.3. The Labute approximate surface area is 172 Å². The fourth-order valence-electron chi connectivity index (χ4n) is 3.16. The van der Waals surface area contributed by atoms with E-state index in [9.17, 15) is 22.8 Å². The van der Waals surface area contributed by atoms with Crippen LogP contribution < -0.4 is 5.32 Å². The van der Waals surface area contributed by atoms with Gasteiger partial charge in [0.15, 0.2) is 5.78 Å². The van der Waals surface area contributed by atoms with Crippen molar-refractivity contribution < 1.29 is 22.8 Å². The lowest BCUT2D eigenvalue weighted by Gasteiger charge is -2.09. The topological polar surface area (TPSA) is 46.2 Å². The normalized spacial score (nSPS) is 11.8. The van der Waals surface area contributed by atoms with Gasteiger partial charge < -0.3 is 5.32 Å². The van der Waals surface area contributed by atoms with Gasteiger partial charge in [0, 0.05) is 23.2 Å². The van der Waals surface area contributed by atoms with Crippen LogP contribution >= 0.6 is 0 Å². The lowest BCUT2D eigenvalue weighted by atomic mass is 10.0. The van der Waals surface area contributed by atoms with Crippen molar-refractivity contribution in [2.45, 2.75) is 26.4 Å². The Morgan fingerprint density at radius 1 is 0.867 bits per heavy atom. The van der Waals surface area contributed by atoms with Crippen molar-refractivity contribution in [2.24, 2.45) is 0 Å². The molecule has 1 amide bonds. The van der Waals surface area contributed by atoms with Gasteiger partial charge in [0.05, 0.1) is 5.56 Å². The number of amides is 1. The van der Waals surface area contributed by atoms with Crippen molar-refractivity contribution in [3.8, 4) is 11.1 Å². The van der Waals surface area contributed by atoms with Gasteiger partial charge in [-0.2, -0.15) is 13.2 Å². The maximum Gasteiger partial charge on any atom is 0.416 e. The number of hydrogen-bond acceptors (Lipinski definition) is 2. The second kappa shape index (κ2) is 8.53. The summed E-state index contributed by atoms with van der Waals surface area (Å²) in [5, 5.41) is 2.37. The monoisotopic (exact) mass is 411 g/mol. The SMILES string of the molecule is CCC(=O)Nc1cccc(C(F)(F)F)c1.Cc1ccc2c(c1)C(=O)c1ccccc1-2. The standard InChI is InChI=1S/C14H10O.C10H10F3NO/c1-9-6-7-11-10-4-2-3-5-12(10)14(15)13(11)8-9;1-2-9(15)14-8-5-3-4-7(6-8)10(11,12)13/h2-8H,1H3;3-6H,2H2,1H3,(H,14,15). The Balaban J connectivity index is 0.000000171. The maximum absolute atomic E-state index is 12.3. The molecule has 0 unspecified atom stereocenters. The summed E-state index contributed by atoms with van der Waals surface area (Å²) >= 11 is 0. The van der Waals surface area contributed by atoms with Gasteiger partial charge in [-0.1, -0.05) is 55.0 Å². The lowest BCUT2D eigenvalue weighted by molar-refractivity contribution is -0.137. The van der Waals surface area contributed by atoms with E-state index in [1.165, 1.54) is 12.1 Å². The van der Waals surface area contributed by atoms with Crippen molar-refractivity contribution in [3.05, 3.63) is 89.0 Å². The van der Waals surface area contributed by atoms with Crippen molar-refractivity contribution in [3.63, 3.8) is 0 Å². The molecule has 0 atom stereocenters. The zero-order chi connectivity index (χ0) is 21.9. The summed E-state index contributed by atoms with van der Waals surface area (Å²) in [5.74, 6) is -0.154. The van der Waals surface area contributed by atoms with Crippen LogP contribution in [0.1, 0.15) is 40.4 Å². The molecule has 0 aliphatic heterocycles. The number of aryl methyl sites for hydroxylation is 1. The molecule has 3 aromatic carbocycles. The molecule has 1 aliphatic carbocycles. The lowest BCUT2D eigenvalue weighted by Crippen LogP contribution is -2.11. The van der Waals surface area contributed by atoms with Crippen LogP contribution in [0.2, 0.25) is 0 Å². The molecule has 3 aromatic rings. The average molecular weight is 411 g/mol. The second-order valence-electron chi connectivity index (χ2n) is 6.90. The number of benzene rings is 3. The highest BCUT2D eigenvalue weighted by Crippen LogP contribution is 2.36. The molecule has 0 aromatic heterocycles. The van der Waals surface area contributed by atoms with Crippen molar-refractivity contribution in [1.82, 2.24) is 0 Å². The molecule has 30 heavy (non-hydrogen) atoms. The number of carbonyl (C=O) groups excluding carboxylic acids is 2. The van der Waals surface area contributed by atoms with E-state index in [2.05, 4.69) is 5.32 Å². The summed E-state index contributed by atoms with van der Waals surface area (Å²) in [7, 11) is 0. The Morgan fingerprint density at radius 3 is 2.20 bits per heavy atom. The van der Waals surface area contributed by atoms with E-state index >= 15 is 0 Å². The molecule has 154 valence electrons. The molecule has 0 bridgehead atoms. The average Bonchev–Trinajstić information content (AvgIpc) is 3.00. The summed E-state index contributed by atoms with van der Waals surface area (Å²) in [6.45, 7) is 3.64. The smallest absolute Gasteiger partial charge is 0.326 e. The predicted octanol–water partition coefficient (Wildman–Crippen LogP) is 6.26. The molecule has 0 saturated heterocycles. The molecule has 1 N–H and O–H groups in total. The first-order valence-electron chi connectivity index (χ1n) is 9.42. The van der Waals surface area contributed by atoms with Gasteiger partial charge in [-0.05, 0) is 42.3 Å². The van der Waals surface area contributed by atoms with Crippen LogP contribution in [0.15, 0.2) is 66.7 Å². The molecule has 1 aliphatic rings. The van der Waals surface area contributed by atoms with E-state index < -0.39 is 11.7 Å². The van der Waals surface area contributed by atoms with Crippen LogP contribution in [-0.4, -0.2) is 11.7 Å². The Kier molecular flexibility index (Phi) is 6.06. The number of rotatable bonds is 2. The Hall–Kier alpha value is -3.41. The predicted molar refractivity (Wildman–Crippen MR) is 110 cm³/mol. The molecule has 0 saturated carbocycles. The summed E-state index contributed by atoms with van der Waals surface area (Å²) in [4.78, 5) is 23.0. The quantitative estimate of drug-likeness (QED) is 0.423. The van der Waals surface area contributed by atoms with Gasteiger partial charge in [-0.15, -0.1) is 0 Å². The van der Waals surface area contributed by atoms with Crippen molar-refractivity contribution in [1.29, 1.82) is 0 Å². The fraction of sp³-hybridized carbons (Fsp3) is 0.167. The molecule has 3 nitrogen and oxygen atoms in total. The minimum atomic E-state index is -4.38. The summed E-state index contributed by atoms with van der Waals surface area (Å²) in [5.41, 5.74) is 4.34. The summed E-state index contributed by atoms with van der Waals surface area (Å²) < 4.78 is 36.8. The summed E-state index contributed by atoms with van der Waals surface area (Å²) in [6.07, 6.45) is -4.15. The number of halogens is 3. The third kappa shape index (κ3) is 4.59. The van der Waals surface area contributed by atoms with Gasteiger partial charge in [-0.25, -0.2) is 0 Å². The van der Waals surface area contributed by atoms with Crippen LogP contribution in [0.3, 0.4) is 0 Å². The first-order chi connectivity index (χ1) is 14.2. The Bertz CT molecular complexity index is 1100.